The summed E-state index contributed by atoms with van der Waals surface area (Å²) in [5.41, 5.74) is 5.98. The summed E-state index contributed by atoms with van der Waals surface area (Å²) in [5.74, 6) is -0.265. The fraction of sp³-hybridized carbons (Fsp3) is 0.333. The number of hydrogen-bond donors (Lipinski definition) is 1. The summed E-state index contributed by atoms with van der Waals surface area (Å²) in [5, 5.41) is 3.01. The Labute approximate surface area is 148 Å². The van der Waals surface area contributed by atoms with Gasteiger partial charge in [0.05, 0.1) is 11.1 Å². The maximum Gasteiger partial charge on any atom is 0.256 e. The highest BCUT2D eigenvalue weighted by atomic mass is 16.2. The molecule has 25 heavy (non-hydrogen) atoms. The van der Waals surface area contributed by atoms with Crippen molar-refractivity contribution in [1.29, 1.82) is 0 Å². The Hall–Kier alpha value is -2.62. The summed E-state index contributed by atoms with van der Waals surface area (Å²) in [7, 11) is 0. The van der Waals surface area contributed by atoms with Crippen molar-refractivity contribution in [2.24, 2.45) is 0 Å². The lowest BCUT2D eigenvalue weighted by atomic mass is 10.0. The van der Waals surface area contributed by atoms with Gasteiger partial charge in [-0.05, 0) is 49.9 Å². The quantitative estimate of drug-likeness (QED) is 0.908. The largest absolute Gasteiger partial charge is 0.334 e. The van der Waals surface area contributed by atoms with Crippen molar-refractivity contribution in [2.45, 2.75) is 40.7 Å². The third kappa shape index (κ3) is 3.16. The average Bonchev–Trinajstić information content (AvgIpc) is 2.87. The summed E-state index contributed by atoms with van der Waals surface area (Å²) in [6.45, 7) is 9.36. The Bertz CT molecular complexity index is 832. The number of anilines is 1. The number of nitrogens with one attached hydrogen (secondary N) is 1. The van der Waals surface area contributed by atoms with Crippen molar-refractivity contribution in [3.8, 4) is 0 Å². The lowest BCUT2D eigenvalue weighted by molar-refractivity contribution is 0.0774. The first-order valence-electron chi connectivity index (χ1n) is 8.72. The van der Waals surface area contributed by atoms with Gasteiger partial charge in [0.2, 0.25) is 0 Å². The highest BCUT2D eigenvalue weighted by molar-refractivity contribution is 6.14. The van der Waals surface area contributed by atoms with Gasteiger partial charge in [0, 0.05) is 18.8 Å². The molecule has 0 radical (unpaired) electrons. The zero-order chi connectivity index (χ0) is 18.1. The van der Waals surface area contributed by atoms with E-state index in [-0.39, 0.29) is 11.8 Å². The third-order valence-corrected chi connectivity index (χ3v) is 4.67. The molecule has 0 saturated heterocycles. The molecule has 4 nitrogen and oxygen atoms in total. The van der Waals surface area contributed by atoms with Crippen molar-refractivity contribution in [3.05, 3.63) is 63.7 Å². The van der Waals surface area contributed by atoms with E-state index in [4.69, 9.17) is 0 Å². The minimum absolute atomic E-state index is 0.0417. The van der Waals surface area contributed by atoms with Crippen LogP contribution in [0.2, 0.25) is 0 Å². The molecule has 1 N–H and O–H groups in total. The van der Waals surface area contributed by atoms with E-state index in [9.17, 15) is 9.59 Å². The first-order chi connectivity index (χ1) is 11.9. The predicted octanol–water partition coefficient (Wildman–Crippen LogP) is 4.23. The van der Waals surface area contributed by atoms with Crippen molar-refractivity contribution in [1.82, 2.24) is 4.90 Å². The van der Waals surface area contributed by atoms with Crippen LogP contribution in [-0.4, -0.2) is 23.3 Å². The summed E-state index contributed by atoms with van der Waals surface area (Å²) in [6.07, 6.45) is 0.906. The lowest BCUT2D eigenvalue weighted by Gasteiger charge is -2.15. The molecule has 2 amide bonds. The van der Waals surface area contributed by atoms with Crippen LogP contribution in [0.4, 0.5) is 5.69 Å². The molecule has 0 atom stereocenters. The van der Waals surface area contributed by atoms with Gasteiger partial charge in [-0.25, -0.2) is 0 Å². The molecule has 2 aromatic rings. The molecule has 3 rings (SSSR count). The minimum Gasteiger partial charge on any atom is -0.334 e. The molecule has 0 unspecified atom stereocenters. The Morgan fingerprint density at radius 3 is 2.48 bits per heavy atom. The van der Waals surface area contributed by atoms with Gasteiger partial charge in [0.25, 0.3) is 11.8 Å². The Morgan fingerprint density at radius 2 is 1.84 bits per heavy atom. The number of hydrogen-bond acceptors (Lipinski definition) is 2. The molecule has 2 aromatic carbocycles. The normalized spacial score (nSPS) is 13.1. The lowest BCUT2D eigenvalue weighted by Crippen LogP contribution is -2.26. The smallest absolute Gasteiger partial charge is 0.256 e. The van der Waals surface area contributed by atoms with Crippen LogP contribution in [0.15, 0.2) is 30.3 Å². The maximum atomic E-state index is 12.9. The maximum absolute atomic E-state index is 12.9. The molecule has 0 spiro atoms. The van der Waals surface area contributed by atoms with Gasteiger partial charge in [-0.15, -0.1) is 0 Å². The van der Waals surface area contributed by atoms with Crippen LogP contribution in [0.1, 0.15) is 56.3 Å². The van der Waals surface area contributed by atoms with E-state index in [0.29, 0.717) is 24.2 Å². The molecule has 0 fully saturated rings. The van der Waals surface area contributed by atoms with Gasteiger partial charge < -0.3 is 10.2 Å². The second-order valence-electron chi connectivity index (χ2n) is 6.79. The third-order valence-electron chi connectivity index (χ3n) is 4.67. The van der Waals surface area contributed by atoms with Crippen molar-refractivity contribution in [3.63, 3.8) is 0 Å². The van der Waals surface area contributed by atoms with Crippen LogP contribution in [0, 0.1) is 20.8 Å². The topological polar surface area (TPSA) is 49.4 Å². The van der Waals surface area contributed by atoms with Crippen LogP contribution in [0.3, 0.4) is 0 Å². The van der Waals surface area contributed by atoms with Gasteiger partial charge >= 0.3 is 0 Å². The summed E-state index contributed by atoms with van der Waals surface area (Å²) in [6, 6.07) is 9.62. The summed E-state index contributed by atoms with van der Waals surface area (Å²) in [4.78, 5) is 27.4. The van der Waals surface area contributed by atoms with Gasteiger partial charge in [-0.1, -0.05) is 36.8 Å². The number of benzene rings is 2. The number of carbonyl (C=O) groups is 2. The molecule has 1 aliphatic heterocycles. The highest BCUT2D eigenvalue weighted by Gasteiger charge is 2.31. The van der Waals surface area contributed by atoms with Crippen LogP contribution >= 0.6 is 0 Å². The van der Waals surface area contributed by atoms with Gasteiger partial charge in [0.1, 0.15) is 0 Å². The predicted molar refractivity (Wildman–Crippen MR) is 100 cm³/mol. The van der Waals surface area contributed by atoms with Crippen molar-refractivity contribution in [2.75, 3.05) is 11.9 Å². The highest BCUT2D eigenvalue weighted by Crippen LogP contribution is 2.28. The van der Waals surface area contributed by atoms with E-state index in [0.717, 1.165) is 28.8 Å². The second kappa shape index (κ2) is 6.71. The number of fused-ring (bicyclic) bond motifs is 1. The van der Waals surface area contributed by atoms with Gasteiger partial charge in [-0.2, -0.15) is 0 Å². The van der Waals surface area contributed by atoms with Crippen molar-refractivity contribution >= 4 is 17.5 Å². The Balaban J connectivity index is 1.94. The van der Waals surface area contributed by atoms with Crippen molar-refractivity contribution < 1.29 is 9.59 Å². The zero-order valence-corrected chi connectivity index (χ0v) is 15.3. The van der Waals surface area contributed by atoms with E-state index >= 15 is 0 Å². The van der Waals surface area contributed by atoms with E-state index in [1.807, 2.05) is 56.9 Å². The molecule has 0 saturated carbocycles. The molecule has 130 valence electrons. The van der Waals surface area contributed by atoms with Crippen LogP contribution < -0.4 is 5.32 Å². The van der Waals surface area contributed by atoms with Gasteiger partial charge in [0.15, 0.2) is 0 Å². The molecule has 0 aromatic heterocycles. The Morgan fingerprint density at radius 1 is 1.16 bits per heavy atom. The van der Waals surface area contributed by atoms with E-state index < -0.39 is 0 Å². The number of carbonyl (C=O) groups excluding carboxylic acids is 2. The number of aryl methyl sites for hydroxylation is 3. The standard InChI is InChI=1S/C21H24N2O2/c1-5-9-23-12-16-7-6-8-17(18(16)21(23)25)20(24)22-19-14(3)10-13(2)11-15(19)4/h6-8,10-11H,5,9,12H2,1-4H3,(H,22,24). The first kappa shape index (κ1) is 17.2. The average molecular weight is 336 g/mol. The number of nitrogens with zero attached hydrogens (tertiary/aromatic N) is 1. The molecular weight excluding hydrogens is 312 g/mol. The number of rotatable bonds is 4. The Kier molecular flexibility index (Phi) is 4.62. The second-order valence-corrected chi connectivity index (χ2v) is 6.79. The van der Waals surface area contributed by atoms with Gasteiger partial charge in [-0.3, -0.25) is 9.59 Å². The molecule has 0 bridgehead atoms. The number of amides is 2. The molecule has 0 aliphatic carbocycles. The van der Waals surface area contributed by atoms with Crippen LogP contribution in [-0.2, 0) is 6.54 Å². The fourth-order valence-corrected chi connectivity index (χ4v) is 3.62. The monoisotopic (exact) mass is 336 g/mol. The van der Waals surface area contributed by atoms with E-state index in [1.165, 1.54) is 5.56 Å². The first-order valence-corrected chi connectivity index (χ1v) is 8.72. The van der Waals surface area contributed by atoms with Crippen LogP contribution in [0.5, 0.6) is 0 Å². The van der Waals surface area contributed by atoms with E-state index in [1.54, 1.807) is 6.07 Å². The molecule has 1 heterocycles. The van der Waals surface area contributed by atoms with E-state index in [2.05, 4.69) is 5.32 Å². The summed E-state index contributed by atoms with van der Waals surface area (Å²) >= 11 is 0. The zero-order valence-electron chi connectivity index (χ0n) is 15.3. The minimum atomic E-state index is -0.224. The molecular formula is C21H24N2O2. The molecule has 4 heteroatoms. The SMILES string of the molecule is CCCN1Cc2cccc(C(=O)Nc3c(C)cc(C)cc3C)c2C1=O. The fourth-order valence-electron chi connectivity index (χ4n) is 3.62. The van der Waals surface area contributed by atoms with Crippen LogP contribution in [0.25, 0.3) is 0 Å². The summed E-state index contributed by atoms with van der Waals surface area (Å²) < 4.78 is 0. The molecule has 1 aliphatic rings.